The molecule has 0 atom stereocenters. The molecule has 5 heteroatoms. The molecule has 3 rings (SSSR count). The number of hydrogen-bond donors (Lipinski definition) is 2. The van der Waals surface area contributed by atoms with Gasteiger partial charge in [-0.3, -0.25) is 9.88 Å². The Morgan fingerprint density at radius 1 is 1.05 bits per heavy atom. The summed E-state index contributed by atoms with van der Waals surface area (Å²) in [7, 11) is 0. The number of pyridine rings is 1. The van der Waals surface area contributed by atoms with Crippen molar-refractivity contribution in [2.45, 2.75) is 0 Å². The molecule has 1 aliphatic rings. The molecule has 1 saturated heterocycles. The molecule has 1 fully saturated rings. The number of piperazine rings is 1. The van der Waals surface area contributed by atoms with Gasteiger partial charge >= 0.3 is 0 Å². The predicted octanol–water partition coefficient (Wildman–Crippen LogP) is 1.90. The second-order valence-electron chi connectivity index (χ2n) is 5.55. The molecule has 0 spiro atoms. The molecule has 2 heterocycles. The molecule has 0 saturated carbocycles. The minimum absolute atomic E-state index is 0.705. The van der Waals surface area contributed by atoms with E-state index >= 15 is 0 Å². The Bertz CT molecular complexity index is 579. The van der Waals surface area contributed by atoms with Crippen LogP contribution >= 0.6 is 0 Å². The van der Waals surface area contributed by atoms with E-state index in [1.54, 1.807) is 12.4 Å². The van der Waals surface area contributed by atoms with E-state index in [0.717, 1.165) is 45.0 Å². The Morgan fingerprint density at radius 3 is 2.55 bits per heavy atom. The third-order valence-electron chi connectivity index (χ3n) is 4.09. The quantitative estimate of drug-likeness (QED) is 0.883. The van der Waals surface area contributed by atoms with Gasteiger partial charge in [0.25, 0.3) is 0 Å². The van der Waals surface area contributed by atoms with E-state index in [-0.39, 0.29) is 0 Å². The molecular formula is C17H23N5. The Balaban J connectivity index is 1.42. The third kappa shape index (κ3) is 3.68. The first-order valence-electron chi connectivity index (χ1n) is 7.78. The Kier molecular flexibility index (Phi) is 4.75. The summed E-state index contributed by atoms with van der Waals surface area (Å²) in [6.07, 6.45) is 3.44. The number of nitrogens with zero attached hydrogens (tertiary/aromatic N) is 3. The summed E-state index contributed by atoms with van der Waals surface area (Å²) in [5.41, 5.74) is 8.88. The summed E-state index contributed by atoms with van der Waals surface area (Å²) in [5.74, 6) is 0. The fourth-order valence-corrected chi connectivity index (χ4v) is 2.78. The van der Waals surface area contributed by atoms with Crippen LogP contribution in [0.5, 0.6) is 0 Å². The highest BCUT2D eigenvalue weighted by Gasteiger charge is 2.16. The topological polar surface area (TPSA) is 57.4 Å². The molecule has 1 aromatic carbocycles. The van der Waals surface area contributed by atoms with Crippen molar-refractivity contribution in [2.75, 3.05) is 55.2 Å². The third-order valence-corrected chi connectivity index (χ3v) is 4.09. The maximum atomic E-state index is 5.88. The molecule has 1 aromatic heterocycles. The van der Waals surface area contributed by atoms with Crippen molar-refractivity contribution in [3.8, 4) is 0 Å². The lowest BCUT2D eigenvalue weighted by Gasteiger charge is -2.36. The zero-order valence-electron chi connectivity index (χ0n) is 12.8. The van der Waals surface area contributed by atoms with E-state index in [9.17, 15) is 0 Å². The van der Waals surface area contributed by atoms with Gasteiger partial charge in [0.1, 0.15) is 0 Å². The van der Waals surface area contributed by atoms with Crippen molar-refractivity contribution in [1.29, 1.82) is 0 Å². The lowest BCUT2D eigenvalue weighted by atomic mass is 10.2. The number of nitrogens with two attached hydrogens (primary N) is 1. The van der Waals surface area contributed by atoms with Gasteiger partial charge in [0.05, 0.1) is 17.6 Å². The van der Waals surface area contributed by atoms with Crippen LogP contribution in [0.1, 0.15) is 0 Å². The SMILES string of the molecule is Nc1cnccc1NCCN1CCN(c2ccccc2)CC1. The van der Waals surface area contributed by atoms with Crippen molar-refractivity contribution in [3.63, 3.8) is 0 Å². The van der Waals surface area contributed by atoms with Gasteiger partial charge in [0, 0.05) is 51.2 Å². The Morgan fingerprint density at radius 2 is 1.82 bits per heavy atom. The van der Waals surface area contributed by atoms with Crippen LogP contribution in [-0.4, -0.2) is 49.2 Å². The number of rotatable bonds is 5. The second-order valence-corrected chi connectivity index (χ2v) is 5.55. The number of para-hydroxylation sites is 1. The van der Waals surface area contributed by atoms with Crippen LogP contribution in [-0.2, 0) is 0 Å². The van der Waals surface area contributed by atoms with Crippen molar-refractivity contribution in [1.82, 2.24) is 9.88 Å². The number of benzene rings is 1. The minimum atomic E-state index is 0.705. The van der Waals surface area contributed by atoms with Crippen molar-refractivity contribution < 1.29 is 0 Å². The molecule has 22 heavy (non-hydrogen) atoms. The maximum absolute atomic E-state index is 5.88. The number of aromatic nitrogens is 1. The van der Waals surface area contributed by atoms with E-state index in [1.807, 2.05) is 6.07 Å². The van der Waals surface area contributed by atoms with Crippen molar-refractivity contribution in [2.24, 2.45) is 0 Å². The summed E-state index contributed by atoms with van der Waals surface area (Å²) >= 11 is 0. The molecule has 0 aliphatic carbocycles. The summed E-state index contributed by atoms with van der Waals surface area (Å²) in [4.78, 5) is 8.94. The first-order valence-corrected chi connectivity index (χ1v) is 7.78. The molecule has 5 nitrogen and oxygen atoms in total. The van der Waals surface area contributed by atoms with Crippen LogP contribution in [0.25, 0.3) is 0 Å². The van der Waals surface area contributed by atoms with Gasteiger partial charge in [-0.1, -0.05) is 18.2 Å². The molecule has 3 N–H and O–H groups in total. The normalized spacial score (nSPS) is 15.7. The van der Waals surface area contributed by atoms with Crippen LogP contribution < -0.4 is 16.0 Å². The molecule has 1 aliphatic heterocycles. The van der Waals surface area contributed by atoms with Gasteiger partial charge in [-0.05, 0) is 18.2 Å². The van der Waals surface area contributed by atoms with E-state index < -0.39 is 0 Å². The molecule has 116 valence electrons. The highest BCUT2D eigenvalue weighted by molar-refractivity contribution is 5.64. The molecule has 0 bridgehead atoms. The minimum Gasteiger partial charge on any atom is -0.396 e. The standard InChI is InChI=1S/C17H23N5/c18-16-14-19-7-6-17(16)20-8-9-21-10-12-22(13-11-21)15-4-2-1-3-5-15/h1-7,14H,8-13,18H2,(H,19,20). The number of anilines is 3. The van der Waals surface area contributed by atoms with E-state index in [1.165, 1.54) is 5.69 Å². The Hall–Kier alpha value is -2.27. The van der Waals surface area contributed by atoms with Gasteiger partial charge in [0.2, 0.25) is 0 Å². The summed E-state index contributed by atoms with van der Waals surface area (Å²) < 4.78 is 0. The van der Waals surface area contributed by atoms with Crippen LogP contribution in [0.3, 0.4) is 0 Å². The smallest absolute Gasteiger partial charge is 0.0736 e. The average molecular weight is 297 g/mol. The zero-order chi connectivity index (χ0) is 15.2. The zero-order valence-corrected chi connectivity index (χ0v) is 12.8. The number of nitrogen functional groups attached to an aromatic ring is 1. The monoisotopic (exact) mass is 297 g/mol. The number of nitrogens with one attached hydrogen (secondary N) is 1. The predicted molar refractivity (Wildman–Crippen MR) is 92.2 cm³/mol. The van der Waals surface area contributed by atoms with Gasteiger partial charge in [-0.15, -0.1) is 0 Å². The fraction of sp³-hybridized carbons (Fsp3) is 0.353. The van der Waals surface area contributed by atoms with Crippen LogP contribution in [0, 0.1) is 0 Å². The van der Waals surface area contributed by atoms with E-state index in [2.05, 4.69) is 50.4 Å². The average Bonchev–Trinajstić information content (AvgIpc) is 2.58. The van der Waals surface area contributed by atoms with Gasteiger partial charge in [0.15, 0.2) is 0 Å². The summed E-state index contributed by atoms with van der Waals surface area (Å²) in [6, 6.07) is 12.6. The molecule has 0 radical (unpaired) electrons. The fourth-order valence-electron chi connectivity index (χ4n) is 2.78. The molecular weight excluding hydrogens is 274 g/mol. The first kappa shape index (κ1) is 14.7. The lowest BCUT2D eigenvalue weighted by molar-refractivity contribution is 0.267. The van der Waals surface area contributed by atoms with Crippen LogP contribution in [0.15, 0.2) is 48.8 Å². The van der Waals surface area contributed by atoms with Crippen molar-refractivity contribution in [3.05, 3.63) is 48.8 Å². The van der Waals surface area contributed by atoms with E-state index in [0.29, 0.717) is 5.69 Å². The molecule has 0 unspecified atom stereocenters. The molecule has 2 aromatic rings. The lowest BCUT2D eigenvalue weighted by Crippen LogP contribution is -2.47. The largest absolute Gasteiger partial charge is 0.396 e. The highest BCUT2D eigenvalue weighted by atomic mass is 15.3. The van der Waals surface area contributed by atoms with Crippen molar-refractivity contribution >= 4 is 17.1 Å². The highest BCUT2D eigenvalue weighted by Crippen LogP contribution is 2.16. The second kappa shape index (κ2) is 7.13. The Labute approximate surface area is 131 Å². The maximum Gasteiger partial charge on any atom is 0.0736 e. The summed E-state index contributed by atoms with van der Waals surface area (Å²) in [6.45, 7) is 6.30. The summed E-state index contributed by atoms with van der Waals surface area (Å²) in [5, 5.41) is 3.38. The van der Waals surface area contributed by atoms with Crippen LogP contribution in [0.4, 0.5) is 17.1 Å². The first-order chi connectivity index (χ1) is 10.8. The number of hydrogen-bond acceptors (Lipinski definition) is 5. The van der Waals surface area contributed by atoms with Crippen LogP contribution in [0.2, 0.25) is 0 Å². The van der Waals surface area contributed by atoms with E-state index in [4.69, 9.17) is 5.73 Å². The van der Waals surface area contributed by atoms with Gasteiger partial charge < -0.3 is 16.0 Å². The molecule has 0 amide bonds. The van der Waals surface area contributed by atoms with Gasteiger partial charge in [-0.2, -0.15) is 0 Å². The van der Waals surface area contributed by atoms with Gasteiger partial charge in [-0.25, -0.2) is 0 Å².